The molecule has 0 nitrogen and oxygen atoms in total. The third-order valence-corrected chi connectivity index (χ3v) is 6.21. The van der Waals surface area contributed by atoms with Gasteiger partial charge in [0, 0.05) is 8.59 Å². The molecule has 0 heterocycles. The van der Waals surface area contributed by atoms with Crippen molar-refractivity contribution in [2.24, 2.45) is 0 Å². The zero-order valence-electron chi connectivity index (χ0n) is 12.9. The quantitative estimate of drug-likeness (QED) is 0.361. The van der Waals surface area contributed by atoms with E-state index in [-0.39, 0.29) is 5.38 Å². The molecule has 0 aromatic heterocycles. The minimum Gasteiger partial charge on any atom is -0.113 e. The molecule has 0 aliphatic carbocycles. The predicted octanol–water partition coefficient (Wildman–Crippen LogP) is 6.81. The summed E-state index contributed by atoms with van der Waals surface area (Å²) in [5.41, 5.74) is 8.89. The van der Waals surface area contributed by atoms with Gasteiger partial charge in [-0.2, -0.15) is 0 Å². The second-order valence-electron chi connectivity index (χ2n) is 5.57. The number of benzene rings is 2. The van der Waals surface area contributed by atoms with Crippen molar-refractivity contribution in [1.82, 2.24) is 0 Å². The zero-order valence-corrected chi connectivity index (χ0v) is 16.6. The van der Waals surface area contributed by atoms with E-state index < -0.39 is 0 Å². The van der Waals surface area contributed by atoms with Gasteiger partial charge >= 0.3 is 0 Å². The maximum Gasteiger partial charge on any atom is 0.0851 e. The van der Waals surface area contributed by atoms with Gasteiger partial charge < -0.3 is 0 Å². The number of hydrogen-bond acceptors (Lipinski definition) is 0. The predicted molar refractivity (Wildman–Crippen MR) is 102 cm³/mol. The highest BCUT2D eigenvalue weighted by atomic mass is 127. The van der Waals surface area contributed by atoms with E-state index in [1.54, 1.807) is 0 Å². The molecule has 0 aliphatic rings. The minimum atomic E-state index is -0.173. The molecule has 0 amide bonds. The van der Waals surface area contributed by atoms with Crippen molar-refractivity contribution in [3.63, 3.8) is 0 Å². The molecule has 3 heteroatoms. The third kappa shape index (κ3) is 3.11. The summed E-state index contributed by atoms with van der Waals surface area (Å²) < 4.78 is 1.15. The van der Waals surface area contributed by atoms with Crippen LogP contribution in [-0.4, -0.2) is 0 Å². The number of rotatable bonds is 2. The SMILES string of the molecule is Cc1c(C)c(C)c(C(Cl)c2cc(Cl)ccc2I)c(C)c1C. The molecule has 0 fully saturated rings. The summed E-state index contributed by atoms with van der Waals surface area (Å²) >= 11 is 15.3. The van der Waals surface area contributed by atoms with E-state index in [0.717, 1.165) is 14.2 Å². The Morgan fingerprint density at radius 3 is 1.86 bits per heavy atom. The fraction of sp³-hybridized carbons (Fsp3) is 0.333. The fourth-order valence-electron chi connectivity index (χ4n) is 2.77. The van der Waals surface area contributed by atoms with E-state index in [4.69, 9.17) is 23.2 Å². The fourth-order valence-corrected chi connectivity index (χ4v) is 4.29. The monoisotopic (exact) mass is 432 g/mol. The van der Waals surface area contributed by atoms with E-state index in [0.29, 0.717) is 0 Å². The average Bonchev–Trinajstić information content (AvgIpc) is 2.45. The van der Waals surface area contributed by atoms with Crippen LogP contribution in [0.2, 0.25) is 5.02 Å². The van der Waals surface area contributed by atoms with E-state index in [1.165, 1.54) is 33.4 Å². The number of hydrogen-bond donors (Lipinski definition) is 0. The third-order valence-electron chi connectivity index (χ3n) is 4.54. The van der Waals surface area contributed by atoms with Crippen LogP contribution in [0.25, 0.3) is 0 Å². The van der Waals surface area contributed by atoms with Crippen molar-refractivity contribution in [1.29, 1.82) is 0 Å². The van der Waals surface area contributed by atoms with Gasteiger partial charge in [0.1, 0.15) is 0 Å². The molecule has 0 spiro atoms. The van der Waals surface area contributed by atoms with Crippen molar-refractivity contribution in [2.75, 3.05) is 0 Å². The lowest BCUT2D eigenvalue weighted by Gasteiger charge is -2.23. The largest absolute Gasteiger partial charge is 0.113 e. The van der Waals surface area contributed by atoms with Gasteiger partial charge in [-0.15, -0.1) is 11.6 Å². The molecule has 0 radical (unpaired) electrons. The van der Waals surface area contributed by atoms with Gasteiger partial charge in [0.2, 0.25) is 0 Å². The van der Waals surface area contributed by atoms with Crippen molar-refractivity contribution < 1.29 is 0 Å². The summed E-state index contributed by atoms with van der Waals surface area (Å²) in [5.74, 6) is 0. The molecular formula is C18H19Cl2I. The van der Waals surface area contributed by atoms with Crippen LogP contribution < -0.4 is 0 Å². The average molecular weight is 433 g/mol. The van der Waals surface area contributed by atoms with E-state index in [9.17, 15) is 0 Å². The van der Waals surface area contributed by atoms with Crippen LogP contribution in [0.15, 0.2) is 18.2 Å². The molecule has 0 N–H and O–H groups in total. The van der Waals surface area contributed by atoms with Gasteiger partial charge in [-0.3, -0.25) is 0 Å². The van der Waals surface area contributed by atoms with Crippen LogP contribution in [0.3, 0.4) is 0 Å². The second kappa shape index (κ2) is 6.47. The van der Waals surface area contributed by atoms with Gasteiger partial charge in [-0.05, 0) is 114 Å². The first-order chi connectivity index (χ1) is 9.75. The zero-order chi connectivity index (χ0) is 15.9. The molecule has 2 aromatic rings. The molecule has 0 bridgehead atoms. The second-order valence-corrected chi connectivity index (χ2v) is 7.60. The Morgan fingerprint density at radius 1 is 0.857 bits per heavy atom. The smallest absolute Gasteiger partial charge is 0.0851 e. The summed E-state index contributed by atoms with van der Waals surface area (Å²) in [7, 11) is 0. The van der Waals surface area contributed by atoms with Crippen molar-refractivity contribution >= 4 is 45.8 Å². The Balaban J connectivity index is 2.69. The molecular weight excluding hydrogens is 414 g/mol. The first kappa shape index (κ1) is 17.1. The molecule has 0 saturated carbocycles. The molecule has 2 rings (SSSR count). The molecule has 21 heavy (non-hydrogen) atoms. The Kier molecular flexibility index (Phi) is 5.27. The Hall–Kier alpha value is -0.250. The van der Waals surface area contributed by atoms with Gasteiger partial charge in [-0.25, -0.2) is 0 Å². The van der Waals surface area contributed by atoms with E-state index in [1.807, 2.05) is 18.2 Å². The van der Waals surface area contributed by atoms with Crippen LogP contribution in [0.4, 0.5) is 0 Å². The summed E-state index contributed by atoms with van der Waals surface area (Å²) in [6.45, 7) is 10.9. The molecule has 0 aliphatic heterocycles. The van der Waals surface area contributed by atoms with Crippen LogP contribution in [0, 0.1) is 38.2 Å². The van der Waals surface area contributed by atoms with Gasteiger partial charge in [-0.1, -0.05) is 11.6 Å². The van der Waals surface area contributed by atoms with Crippen molar-refractivity contribution in [3.8, 4) is 0 Å². The van der Waals surface area contributed by atoms with E-state index in [2.05, 4.69) is 57.2 Å². The Morgan fingerprint density at radius 2 is 1.33 bits per heavy atom. The van der Waals surface area contributed by atoms with Crippen LogP contribution in [0.5, 0.6) is 0 Å². The number of halogens is 3. The molecule has 2 aromatic carbocycles. The first-order valence-corrected chi connectivity index (χ1v) is 8.80. The Bertz CT molecular complexity index is 676. The summed E-state index contributed by atoms with van der Waals surface area (Å²) in [4.78, 5) is 0. The maximum atomic E-state index is 6.85. The van der Waals surface area contributed by atoms with Crippen molar-refractivity contribution in [2.45, 2.75) is 40.0 Å². The van der Waals surface area contributed by atoms with Gasteiger partial charge in [0.05, 0.1) is 5.38 Å². The summed E-state index contributed by atoms with van der Waals surface area (Å²) in [6, 6.07) is 5.90. The van der Waals surface area contributed by atoms with Crippen LogP contribution >= 0.6 is 45.8 Å². The lowest BCUT2D eigenvalue weighted by molar-refractivity contribution is 1.03. The molecule has 1 unspecified atom stereocenters. The lowest BCUT2D eigenvalue weighted by Crippen LogP contribution is -2.07. The molecule has 112 valence electrons. The van der Waals surface area contributed by atoms with Crippen LogP contribution in [-0.2, 0) is 0 Å². The first-order valence-electron chi connectivity index (χ1n) is 6.91. The normalized spacial score (nSPS) is 12.6. The summed E-state index contributed by atoms with van der Waals surface area (Å²) in [6.07, 6.45) is 0. The molecule has 1 atom stereocenters. The standard InChI is InChI=1S/C18H19Cl2I/c1-9-10(2)12(4)17(13(5)11(9)3)18(20)15-8-14(19)6-7-16(15)21/h6-8,18H,1-5H3. The van der Waals surface area contributed by atoms with Crippen LogP contribution in [0.1, 0.15) is 44.3 Å². The highest BCUT2D eigenvalue weighted by molar-refractivity contribution is 14.1. The van der Waals surface area contributed by atoms with Crippen molar-refractivity contribution in [3.05, 3.63) is 65.7 Å². The topological polar surface area (TPSA) is 0 Å². The number of alkyl halides is 1. The maximum absolute atomic E-state index is 6.85. The Labute approximate surface area is 151 Å². The minimum absolute atomic E-state index is 0.173. The molecule has 0 saturated heterocycles. The highest BCUT2D eigenvalue weighted by Gasteiger charge is 2.22. The van der Waals surface area contributed by atoms with Gasteiger partial charge in [0.25, 0.3) is 0 Å². The lowest BCUT2D eigenvalue weighted by atomic mass is 9.86. The highest BCUT2D eigenvalue weighted by Crippen LogP contribution is 2.39. The van der Waals surface area contributed by atoms with E-state index >= 15 is 0 Å². The summed E-state index contributed by atoms with van der Waals surface area (Å²) in [5, 5.41) is 0.556. The van der Waals surface area contributed by atoms with Gasteiger partial charge in [0.15, 0.2) is 0 Å².